The summed E-state index contributed by atoms with van der Waals surface area (Å²) in [4.78, 5) is 57.1. The Balaban J connectivity index is 1.56. The van der Waals surface area contributed by atoms with Crippen LogP contribution in [0.15, 0.2) is 79.0 Å². The van der Waals surface area contributed by atoms with Gasteiger partial charge in [-0.25, -0.2) is 0 Å². The molecule has 2 aromatic carbocycles. The number of pyridine rings is 1. The molecule has 1 aromatic heterocycles. The molecule has 2 heterocycles. The zero-order valence-corrected chi connectivity index (χ0v) is 23.2. The first kappa shape index (κ1) is 29.3. The average Bonchev–Trinajstić information content (AvgIpc) is 2.96. The van der Waals surface area contributed by atoms with Crippen molar-refractivity contribution in [3.05, 3.63) is 95.8 Å². The van der Waals surface area contributed by atoms with Crippen LogP contribution in [0.25, 0.3) is 0 Å². The van der Waals surface area contributed by atoms with E-state index in [1.54, 1.807) is 50.4 Å². The summed E-state index contributed by atoms with van der Waals surface area (Å²) in [6.07, 6.45) is 2.26. The topological polar surface area (TPSA) is 139 Å². The fraction of sp³-hybridized carbons (Fsp3) is 0.323. The van der Waals surface area contributed by atoms with Crippen LogP contribution in [-0.4, -0.2) is 59.4 Å². The highest BCUT2D eigenvalue weighted by Crippen LogP contribution is 2.20. The van der Waals surface area contributed by atoms with Crippen molar-refractivity contribution in [2.24, 2.45) is 0 Å². The smallest absolute Gasteiger partial charge is 0.255 e. The molecule has 0 saturated carbocycles. The number of carbonyl (C=O) groups excluding carboxylic acids is 4. The van der Waals surface area contributed by atoms with Crippen LogP contribution in [-0.2, 0) is 27.2 Å². The van der Waals surface area contributed by atoms with E-state index in [9.17, 15) is 19.2 Å². The van der Waals surface area contributed by atoms with Gasteiger partial charge in [-0.1, -0.05) is 48.5 Å². The largest absolute Gasteiger partial charge is 0.491 e. The van der Waals surface area contributed by atoms with E-state index in [0.29, 0.717) is 18.6 Å². The van der Waals surface area contributed by atoms with Gasteiger partial charge < -0.3 is 26.0 Å². The number of aromatic nitrogens is 1. The van der Waals surface area contributed by atoms with Crippen molar-refractivity contribution < 1.29 is 23.9 Å². The number of carbonyl (C=O) groups is 4. The molecule has 1 aliphatic rings. The molecule has 0 spiro atoms. The summed E-state index contributed by atoms with van der Waals surface area (Å²) in [6, 6.07) is 20.2. The van der Waals surface area contributed by atoms with Crippen molar-refractivity contribution in [3.8, 4) is 5.75 Å². The van der Waals surface area contributed by atoms with Crippen molar-refractivity contribution in [3.63, 3.8) is 0 Å². The van der Waals surface area contributed by atoms with Crippen molar-refractivity contribution >= 4 is 23.6 Å². The van der Waals surface area contributed by atoms with Crippen LogP contribution in [0.1, 0.15) is 41.9 Å². The lowest BCUT2D eigenvalue weighted by molar-refractivity contribution is -0.134. The minimum Gasteiger partial charge on any atom is -0.491 e. The van der Waals surface area contributed by atoms with Crippen LogP contribution in [0.5, 0.6) is 5.75 Å². The summed E-state index contributed by atoms with van der Waals surface area (Å²) < 4.78 is 6.06. The molecule has 41 heavy (non-hydrogen) atoms. The molecular weight excluding hydrogens is 522 g/mol. The Hall–Kier alpha value is -4.73. The lowest BCUT2D eigenvalue weighted by Crippen LogP contribution is -2.59. The van der Waals surface area contributed by atoms with E-state index in [4.69, 9.17) is 4.74 Å². The maximum atomic E-state index is 13.4. The van der Waals surface area contributed by atoms with E-state index < -0.39 is 41.3 Å². The number of benzene rings is 2. The first-order chi connectivity index (χ1) is 19.7. The summed E-state index contributed by atoms with van der Waals surface area (Å²) in [6.45, 7) is 3.51. The Morgan fingerprint density at radius 2 is 1.71 bits per heavy atom. The van der Waals surface area contributed by atoms with Crippen LogP contribution in [0.2, 0.25) is 0 Å². The summed E-state index contributed by atoms with van der Waals surface area (Å²) in [7, 11) is 0. The Morgan fingerprint density at radius 1 is 0.976 bits per heavy atom. The maximum Gasteiger partial charge on any atom is 0.255 e. The SMILES string of the molecule is CC1(C)NC(=O)C[C@@H](C(=O)NCCc2ccccn2)NC(=O)c2ccccc2OC[C@@H](Cc2ccccc2)NC1=O. The van der Waals surface area contributed by atoms with E-state index in [0.717, 1.165) is 11.3 Å². The lowest BCUT2D eigenvalue weighted by Gasteiger charge is -2.30. The summed E-state index contributed by atoms with van der Waals surface area (Å²) in [5.74, 6) is -1.75. The highest BCUT2D eigenvalue weighted by atomic mass is 16.5. The molecule has 2 atom stereocenters. The summed E-state index contributed by atoms with van der Waals surface area (Å²) >= 11 is 0. The van der Waals surface area contributed by atoms with E-state index in [1.807, 2.05) is 42.5 Å². The van der Waals surface area contributed by atoms with Gasteiger partial charge in [0.2, 0.25) is 17.7 Å². The number of fused-ring (bicyclic) bond motifs is 1. The number of hydrogen-bond donors (Lipinski definition) is 4. The van der Waals surface area contributed by atoms with Gasteiger partial charge in [0.1, 0.15) is 23.9 Å². The molecule has 4 rings (SSSR count). The monoisotopic (exact) mass is 557 g/mol. The normalized spacial score (nSPS) is 19.3. The quantitative estimate of drug-likeness (QED) is 0.366. The van der Waals surface area contributed by atoms with E-state index >= 15 is 0 Å². The zero-order valence-electron chi connectivity index (χ0n) is 23.2. The molecule has 0 saturated heterocycles. The third kappa shape index (κ3) is 8.38. The summed E-state index contributed by atoms with van der Waals surface area (Å²) in [5.41, 5.74) is 0.705. The minimum atomic E-state index is -1.29. The maximum absolute atomic E-state index is 13.4. The van der Waals surface area contributed by atoms with E-state index in [2.05, 4.69) is 26.3 Å². The highest BCUT2D eigenvalue weighted by Gasteiger charge is 2.34. The molecule has 10 nitrogen and oxygen atoms in total. The third-order valence-electron chi connectivity index (χ3n) is 6.67. The molecule has 214 valence electrons. The third-order valence-corrected chi connectivity index (χ3v) is 6.67. The number of amides is 4. The highest BCUT2D eigenvalue weighted by molar-refractivity contribution is 6.01. The molecule has 0 radical (unpaired) electrons. The van der Waals surface area contributed by atoms with Crippen LogP contribution >= 0.6 is 0 Å². The molecule has 10 heteroatoms. The van der Waals surface area contributed by atoms with Gasteiger partial charge in [0.05, 0.1) is 18.0 Å². The van der Waals surface area contributed by atoms with Crippen LogP contribution in [0, 0.1) is 0 Å². The fourth-order valence-electron chi connectivity index (χ4n) is 4.46. The Bertz CT molecular complexity index is 1360. The Morgan fingerprint density at radius 3 is 2.46 bits per heavy atom. The van der Waals surface area contributed by atoms with Gasteiger partial charge in [-0.2, -0.15) is 0 Å². The van der Waals surface area contributed by atoms with Gasteiger partial charge in [0, 0.05) is 24.9 Å². The number of hydrogen-bond acceptors (Lipinski definition) is 6. The number of rotatable bonds is 6. The number of nitrogens with one attached hydrogen (secondary N) is 4. The number of para-hydroxylation sites is 1. The van der Waals surface area contributed by atoms with E-state index in [1.165, 1.54) is 0 Å². The molecule has 0 aliphatic carbocycles. The Kier molecular flexibility index (Phi) is 9.68. The molecule has 1 aliphatic heterocycles. The van der Waals surface area contributed by atoms with Gasteiger partial charge in [-0.05, 0) is 50.1 Å². The molecule has 4 amide bonds. The predicted molar refractivity (Wildman–Crippen MR) is 153 cm³/mol. The molecule has 0 unspecified atom stereocenters. The van der Waals surface area contributed by atoms with Gasteiger partial charge in [0.15, 0.2) is 0 Å². The van der Waals surface area contributed by atoms with Crippen LogP contribution in [0.4, 0.5) is 0 Å². The van der Waals surface area contributed by atoms with Crippen molar-refractivity contribution in [1.29, 1.82) is 0 Å². The average molecular weight is 558 g/mol. The standard InChI is InChI=1S/C31H35N5O5/c1-31(2)30(40)34-23(18-21-10-4-3-5-11-21)20-41-26-14-7-6-13-24(26)28(38)35-25(19-27(37)36-31)29(39)33-17-15-22-12-8-9-16-32-22/h3-14,16,23,25H,15,17-20H2,1-2H3,(H,33,39)(H,34,40)(H,35,38)(H,36,37)/t23-,25+/m1/s1. The van der Waals surface area contributed by atoms with Crippen molar-refractivity contribution in [2.45, 2.75) is 50.7 Å². The van der Waals surface area contributed by atoms with Gasteiger partial charge in [-0.3, -0.25) is 24.2 Å². The van der Waals surface area contributed by atoms with Crippen molar-refractivity contribution in [1.82, 2.24) is 26.3 Å². The minimum absolute atomic E-state index is 0.0758. The molecular formula is C31H35N5O5. The first-order valence-corrected chi connectivity index (χ1v) is 13.6. The summed E-state index contributed by atoms with van der Waals surface area (Å²) in [5, 5.41) is 11.2. The Labute approximate surface area is 239 Å². The van der Waals surface area contributed by atoms with Gasteiger partial charge in [0.25, 0.3) is 5.91 Å². The van der Waals surface area contributed by atoms with Crippen LogP contribution < -0.4 is 26.0 Å². The number of ether oxygens (including phenoxy) is 1. The lowest BCUT2D eigenvalue weighted by atomic mass is 10.0. The zero-order chi connectivity index (χ0) is 29.2. The second-order valence-corrected chi connectivity index (χ2v) is 10.4. The van der Waals surface area contributed by atoms with Gasteiger partial charge >= 0.3 is 0 Å². The predicted octanol–water partition coefficient (Wildman–Crippen LogP) is 1.94. The van der Waals surface area contributed by atoms with Crippen LogP contribution in [0.3, 0.4) is 0 Å². The molecule has 3 aromatic rings. The van der Waals surface area contributed by atoms with Gasteiger partial charge in [-0.15, -0.1) is 0 Å². The second-order valence-electron chi connectivity index (χ2n) is 10.4. The van der Waals surface area contributed by atoms with Crippen molar-refractivity contribution in [2.75, 3.05) is 13.2 Å². The second kappa shape index (κ2) is 13.6. The first-order valence-electron chi connectivity index (χ1n) is 13.6. The number of nitrogens with zero attached hydrogens (tertiary/aromatic N) is 1. The molecule has 4 N–H and O–H groups in total. The fourth-order valence-corrected chi connectivity index (χ4v) is 4.46. The molecule has 0 fully saturated rings. The molecule has 0 bridgehead atoms. The van der Waals surface area contributed by atoms with E-state index in [-0.39, 0.29) is 25.1 Å².